The molecule has 2 rings (SSSR count). The van der Waals surface area contributed by atoms with Crippen molar-refractivity contribution < 1.29 is 34.4 Å². The van der Waals surface area contributed by atoms with Crippen LogP contribution in [0, 0.1) is 0 Å². The molecule has 2 bridgehead atoms. The van der Waals surface area contributed by atoms with Gasteiger partial charge >= 0.3 is 17.9 Å². The van der Waals surface area contributed by atoms with Crippen molar-refractivity contribution in [3.63, 3.8) is 0 Å². The van der Waals surface area contributed by atoms with Crippen LogP contribution in [0.5, 0.6) is 0 Å². The SMILES string of the molecule is O=C(O)CN1CCN(CC(=O)O)CC2CCC(CN(CC(=O)O)CC1)O2. The second-order valence-corrected chi connectivity index (χ2v) is 6.89. The molecule has 0 aromatic heterocycles. The van der Waals surface area contributed by atoms with E-state index in [1.54, 1.807) is 14.7 Å². The molecule has 2 atom stereocenters. The molecule has 26 heavy (non-hydrogen) atoms. The number of hydrogen-bond donors (Lipinski definition) is 3. The molecule has 0 aliphatic carbocycles. The minimum atomic E-state index is -0.963. The van der Waals surface area contributed by atoms with Crippen LogP contribution < -0.4 is 0 Å². The highest BCUT2D eigenvalue weighted by molar-refractivity contribution is 5.69. The van der Waals surface area contributed by atoms with Crippen molar-refractivity contribution in [2.75, 3.05) is 58.9 Å². The minimum absolute atomic E-state index is 0.0848. The smallest absolute Gasteiger partial charge is 0.317 e. The van der Waals surface area contributed by atoms with E-state index in [0.717, 1.165) is 12.8 Å². The van der Waals surface area contributed by atoms with E-state index in [1.807, 2.05) is 0 Å². The Morgan fingerprint density at radius 1 is 0.692 bits per heavy atom. The molecule has 10 heteroatoms. The lowest BCUT2D eigenvalue weighted by Gasteiger charge is -2.31. The van der Waals surface area contributed by atoms with E-state index in [0.29, 0.717) is 39.3 Å². The molecule has 0 amide bonds. The van der Waals surface area contributed by atoms with Crippen molar-refractivity contribution in [2.45, 2.75) is 25.0 Å². The fourth-order valence-corrected chi connectivity index (χ4v) is 3.50. The average Bonchev–Trinajstić information content (AvgIpc) is 2.94. The summed E-state index contributed by atoms with van der Waals surface area (Å²) in [6.07, 6.45) is 1.44. The normalized spacial score (nSPS) is 26.8. The Kier molecular flexibility index (Phi) is 7.76. The minimum Gasteiger partial charge on any atom is -0.480 e. The van der Waals surface area contributed by atoms with Crippen molar-refractivity contribution in [1.29, 1.82) is 0 Å². The summed E-state index contributed by atoms with van der Waals surface area (Å²) in [4.78, 5) is 38.6. The third-order valence-electron chi connectivity index (χ3n) is 4.66. The number of carboxylic acids is 3. The Balaban J connectivity index is 2.08. The number of rotatable bonds is 6. The van der Waals surface area contributed by atoms with E-state index in [2.05, 4.69) is 0 Å². The first-order chi connectivity index (χ1) is 12.3. The van der Waals surface area contributed by atoms with E-state index in [9.17, 15) is 14.4 Å². The van der Waals surface area contributed by atoms with E-state index in [1.165, 1.54) is 0 Å². The second kappa shape index (κ2) is 9.81. The Labute approximate surface area is 151 Å². The van der Waals surface area contributed by atoms with Crippen LogP contribution >= 0.6 is 0 Å². The Morgan fingerprint density at radius 3 is 1.42 bits per heavy atom. The quantitative estimate of drug-likeness (QED) is 0.517. The molecule has 10 nitrogen and oxygen atoms in total. The van der Waals surface area contributed by atoms with Crippen LogP contribution in [0.2, 0.25) is 0 Å². The molecular formula is C16H27N3O7. The van der Waals surface area contributed by atoms with Gasteiger partial charge in [-0.15, -0.1) is 0 Å². The first-order valence-corrected chi connectivity index (χ1v) is 8.79. The number of hydrogen-bond acceptors (Lipinski definition) is 7. The molecule has 3 N–H and O–H groups in total. The third-order valence-corrected chi connectivity index (χ3v) is 4.66. The zero-order chi connectivity index (χ0) is 19.1. The van der Waals surface area contributed by atoms with Crippen molar-refractivity contribution in [2.24, 2.45) is 0 Å². The molecule has 2 heterocycles. The maximum absolute atomic E-state index is 11.1. The lowest BCUT2D eigenvalue weighted by Crippen LogP contribution is -2.47. The Hall–Kier alpha value is -1.75. The third kappa shape index (κ3) is 7.24. The van der Waals surface area contributed by atoms with Crippen molar-refractivity contribution >= 4 is 17.9 Å². The number of nitrogens with zero attached hydrogens (tertiary/aromatic N) is 3. The van der Waals surface area contributed by atoms with Gasteiger partial charge in [0.2, 0.25) is 0 Å². The summed E-state index contributed by atoms with van der Waals surface area (Å²) in [5.74, 6) is -2.82. The zero-order valence-corrected chi connectivity index (χ0v) is 14.7. The molecular weight excluding hydrogens is 346 g/mol. The highest BCUT2D eigenvalue weighted by Crippen LogP contribution is 2.22. The molecule has 2 fully saturated rings. The van der Waals surface area contributed by atoms with Crippen LogP contribution in [0.15, 0.2) is 0 Å². The van der Waals surface area contributed by atoms with Gasteiger partial charge in [-0.1, -0.05) is 0 Å². The molecule has 0 aromatic rings. The van der Waals surface area contributed by atoms with Gasteiger partial charge in [0.15, 0.2) is 0 Å². The first-order valence-electron chi connectivity index (χ1n) is 8.79. The van der Waals surface area contributed by atoms with Crippen molar-refractivity contribution in [3.05, 3.63) is 0 Å². The molecule has 148 valence electrons. The monoisotopic (exact) mass is 373 g/mol. The van der Waals surface area contributed by atoms with Crippen molar-refractivity contribution in [1.82, 2.24) is 14.7 Å². The fourth-order valence-electron chi connectivity index (χ4n) is 3.50. The number of carboxylic acid groups (broad SMARTS) is 3. The van der Waals surface area contributed by atoms with Gasteiger partial charge in [-0.25, -0.2) is 0 Å². The summed E-state index contributed by atoms with van der Waals surface area (Å²) in [6, 6.07) is 0. The first kappa shape index (κ1) is 20.6. The van der Waals surface area contributed by atoms with E-state index in [-0.39, 0.29) is 31.8 Å². The van der Waals surface area contributed by atoms with Crippen LogP contribution in [-0.4, -0.2) is 119 Å². The van der Waals surface area contributed by atoms with E-state index >= 15 is 0 Å². The van der Waals surface area contributed by atoms with E-state index in [4.69, 9.17) is 20.1 Å². The largest absolute Gasteiger partial charge is 0.480 e. The van der Waals surface area contributed by atoms with Crippen LogP contribution in [-0.2, 0) is 19.1 Å². The topological polar surface area (TPSA) is 131 Å². The summed E-state index contributed by atoms with van der Waals surface area (Å²) in [6.45, 7) is 2.20. The summed E-state index contributed by atoms with van der Waals surface area (Å²) >= 11 is 0. The molecule has 2 unspecified atom stereocenters. The maximum Gasteiger partial charge on any atom is 0.317 e. The maximum atomic E-state index is 11.1. The van der Waals surface area contributed by atoms with Gasteiger partial charge < -0.3 is 20.1 Å². The Morgan fingerprint density at radius 2 is 1.04 bits per heavy atom. The molecule has 2 aliphatic heterocycles. The van der Waals surface area contributed by atoms with Gasteiger partial charge in [-0.05, 0) is 12.8 Å². The Bertz CT molecular complexity index is 480. The van der Waals surface area contributed by atoms with Gasteiger partial charge in [-0.2, -0.15) is 0 Å². The van der Waals surface area contributed by atoms with Gasteiger partial charge in [-0.3, -0.25) is 29.1 Å². The predicted octanol–water partition coefficient (Wildman–Crippen LogP) is -1.29. The summed E-state index contributed by atoms with van der Waals surface area (Å²) < 4.78 is 5.97. The number of aliphatic carboxylic acids is 3. The highest BCUT2D eigenvalue weighted by Gasteiger charge is 2.30. The fraction of sp³-hybridized carbons (Fsp3) is 0.812. The summed E-state index contributed by atoms with van der Waals surface area (Å²) in [5.41, 5.74) is 0. The molecule has 2 aliphatic rings. The second-order valence-electron chi connectivity index (χ2n) is 6.89. The lowest BCUT2D eigenvalue weighted by molar-refractivity contribution is -0.141. The van der Waals surface area contributed by atoms with E-state index < -0.39 is 17.9 Å². The summed E-state index contributed by atoms with van der Waals surface area (Å²) in [5, 5.41) is 27.3. The molecule has 2 saturated heterocycles. The number of fused-ring (bicyclic) bond motifs is 2. The zero-order valence-electron chi connectivity index (χ0n) is 14.7. The van der Waals surface area contributed by atoms with Crippen molar-refractivity contribution in [3.8, 4) is 0 Å². The molecule has 0 saturated carbocycles. The highest BCUT2D eigenvalue weighted by atomic mass is 16.5. The van der Waals surface area contributed by atoms with Crippen LogP contribution in [0.3, 0.4) is 0 Å². The number of ether oxygens (including phenoxy) is 1. The molecule has 0 aromatic carbocycles. The van der Waals surface area contributed by atoms with Gasteiger partial charge in [0.05, 0.1) is 31.8 Å². The van der Waals surface area contributed by atoms with Gasteiger partial charge in [0.1, 0.15) is 0 Å². The molecule has 0 spiro atoms. The van der Waals surface area contributed by atoms with Crippen LogP contribution in [0.1, 0.15) is 12.8 Å². The van der Waals surface area contributed by atoms with Crippen LogP contribution in [0.25, 0.3) is 0 Å². The standard InChI is InChI=1S/C16H27N3O7/c20-14(21)9-17-3-5-18(10-15(22)23)7-12-1-2-13(26-12)8-19(6-4-17)11-16(24)25/h12-13H,1-11H2,(H,20,21)(H,22,23)(H,24,25). The van der Waals surface area contributed by atoms with Gasteiger partial charge in [0.25, 0.3) is 0 Å². The van der Waals surface area contributed by atoms with Gasteiger partial charge in [0, 0.05) is 39.3 Å². The lowest BCUT2D eigenvalue weighted by atomic mass is 10.2. The molecule has 0 radical (unpaired) electrons. The summed E-state index contributed by atoms with van der Waals surface area (Å²) in [7, 11) is 0. The van der Waals surface area contributed by atoms with Crippen LogP contribution in [0.4, 0.5) is 0 Å². The average molecular weight is 373 g/mol. The number of carbonyl (C=O) groups is 3. The predicted molar refractivity (Wildman–Crippen MR) is 90.1 cm³/mol.